The van der Waals surface area contributed by atoms with Gasteiger partial charge in [0.2, 0.25) is 0 Å². The van der Waals surface area contributed by atoms with E-state index in [4.69, 9.17) is 14.2 Å². The Bertz CT molecular complexity index is 669. The summed E-state index contributed by atoms with van der Waals surface area (Å²) in [6.45, 7) is 3.63. The van der Waals surface area contributed by atoms with Crippen LogP contribution >= 0.6 is 0 Å². The normalized spacial score (nSPS) is 12.8. The van der Waals surface area contributed by atoms with Crippen molar-refractivity contribution in [3.8, 4) is 17.2 Å². The number of methoxy groups -OCH3 is 2. The Morgan fingerprint density at radius 2 is 1.54 bits per heavy atom. The van der Waals surface area contributed by atoms with Crippen LogP contribution in [0.25, 0.3) is 0 Å². The lowest BCUT2D eigenvalue weighted by Crippen LogP contribution is -2.37. The first-order valence-corrected chi connectivity index (χ1v) is 7.79. The van der Waals surface area contributed by atoms with Crippen molar-refractivity contribution in [2.75, 3.05) is 14.2 Å². The van der Waals surface area contributed by atoms with Gasteiger partial charge in [-0.1, -0.05) is 18.2 Å². The molecule has 2 rings (SSSR count). The fourth-order valence-electron chi connectivity index (χ4n) is 2.34. The number of para-hydroxylation sites is 1. The number of carbonyl (C=O) groups excluding carboxylic acids is 1. The molecule has 1 N–H and O–H groups in total. The Hall–Kier alpha value is -2.69. The number of rotatable bonds is 7. The summed E-state index contributed by atoms with van der Waals surface area (Å²) in [5.74, 6) is 1.91. The lowest BCUT2D eigenvalue weighted by Gasteiger charge is -2.20. The maximum Gasteiger partial charge on any atom is 0.261 e. The Balaban J connectivity index is 1.97. The third kappa shape index (κ3) is 4.41. The minimum Gasteiger partial charge on any atom is -0.497 e. The minimum atomic E-state index is -0.615. The quantitative estimate of drug-likeness (QED) is 0.846. The third-order valence-corrected chi connectivity index (χ3v) is 3.71. The fourth-order valence-corrected chi connectivity index (χ4v) is 2.34. The number of amides is 1. The largest absolute Gasteiger partial charge is 0.497 e. The van der Waals surface area contributed by atoms with Gasteiger partial charge < -0.3 is 19.5 Å². The van der Waals surface area contributed by atoms with Gasteiger partial charge in [-0.15, -0.1) is 0 Å². The Morgan fingerprint density at radius 1 is 0.917 bits per heavy atom. The molecule has 0 saturated carbocycles. The molecule has 5 heteroatoms. The van der Waals surface area contributed by atoms with E-state index >= 15 is 0 Å². The predicted molar refractivity (Wildman–Crippen MR) is 92.6 cm³/mol. The first kappa shape index (κ1) is 17.7. The maximum atomic E-state index is 12.4. The molecule has 128 valence electrons. The van der Waals surface area contributed by atoms with Crippen LogP contribution in [0.15, 0.2) is 48.5 Å². The van der Waals surface area contributed by atoms with Crippen molar-refractivity contribution in [3.05, 3.63) is 54.1 Å². The summed E-state index contributed by atoms with van der Waals surface area (Å²) in [5.41, 5.74) is 0.921. The van der Waals surface area contributed by atoms with E-state index in [9.17, 15) is 4.79 Å². The van der Waals surface area contributed by atoms with E-state index in [2.05, 4.69) is 5.32 Å². The first-order chi connectivity index (χ1) is 11.5. The molecular formula is C19H23NO4. The number of ether oxygens (including phenoxy) is 3. The molecule has 0 radical (unpaired) electrons. The zero-order valence-electron chi connectivity index (χ0n) is 14.4. The van der Waals surface area contributed by atoms with Gasteiger partial charge in [0.25, 0.3) is 5.91 Å². The van der Waals surface area contributed by atoms with Crippen LogP contribution in [0.4, 0.5) is 0 Å². The van der Waals surface area contributed by atoms with Gasteiger partial charge in [-0.2, -0.15) is 0 Å². The van der Waals surface area contributed by atoms with Crippen molar-refractivity contribution in [1.29, 1.82) is 0 Å². The zero-order chi connectivity index (χ0) is 17.5. The fraction of sp³-hybridized carbons (Fsp3) is 0.316. The number of nitrogens with one attached hydrogen (secondary N) is 1. The van der Waals surface area contributed by atoms with Crippen molar-refractivity contribution in [2.24, 2.45) is 0 Å². The van der Waals surface area contributed by atoms with Crippen LogP contribution < -0.4 is 19.5 Å². The first-order valence-electron chi connectivity index (χ1n) is 7.79. The second-order valence-electron chi connectivity index (χ2n) is 5.41. The van der Waals surface area contributed by atoms with E-state index in [1.54, 1.807) is 45.4 Å². The molecular weight excluding hydrogens is 306 g/mol. The molecule has 2 atom stereocenters. The summed E-state index contributed by atoms with van der Waals surface area (Å²) >= 11 is 0. The summed E-state index contributed by atoms with van der Waals surface area (Å²) in [6, 6.07) is 14.5. The van der Waals surface area contributed by atoms with Crippen molar-refractivity contribution in [2.45, 2.75) is 26.0 Å². The summed E-state index contributed by atoms with van der Waals surface area (Å²) < 4.78 is 16.1. The van der Waals surface area contributed by atoms with Gasteiger partial charge in [-0.3, -0.25) is 4.79 Å². The lowest BCUT2D eigenvalue weighted by molar-refractivity contribution is -0.127. The van der Waals surface area contributed by atoms with Crippen molar-refractivity contribution in [3.63, 3.8) is 0 Å². The van der Waals surface area contributed by atoms with Gasteiger partial charge in [0, 0.05) is 5.56 Å². The van der Waals surface area contributed by atoms with Gasteiger partial charge in [-0.05, 0) is 44.2 Å². The number of carbonyl (C=O) groups is 1. The van der Waals surface area contributed by atoms with E-state index < -0.39 is 6.10 Å². The third-order valence-electron chi connectivity index (χ3n) is 3.71. The second-order valence-corrected chi connectivity index (χ2v) is 5.41. The summed E-state index contributed by atoms with van der Waals surface area (Å²) in [5, 5.41) is 2.94. The van der Waals surface area contributed by atoms with E-state index in [1.165, 1.54) is 0 Å². The second kappa shape index (κ2) is 8.24. The number of hydrogen-bond donors (Lipinski definition) is 1. The van der Waals surface area contributed by atoms with E-state index in [1.807, 2.05) is 31.2 Å². The van der Waals surface area contributed by atoms with Gasteiger partial charge >= 0.3 is 0 Å². The molecule has 0 aliphatic carbocycles. The Kier molecular flexibility index (Phi) is 6.07. The summed E-state index contributed by atoms with van der Waals surface area (Å²) in [7, 11) is 3.22. The summed E-state index contributed by atoms with van der Waals surface area (Å²) in [4.78, 5) is 12.4. The number of hydrogen-bond acceptors (Lipinski definition) is 4. The monoisotopic (exact) mass is 329 g/mol. The molecule has 0 spiro atoms. The lowest BCUT2D eigenvalue weighted by atomic mass is 10.1. The van der Waals surface area contributed by atoms with Gasteiger partial charge in [0.05, 0.1) is 20.3 Å². The average Bonchev–Trinajstić information content (AvgIpc) is 2.62. The van der Waals surface area contributed by atoms with Crippen molar-refractivity contribution in [1.82, 2.24) is 5.32 Å². The summed E-state index contributed by atoms with van der Waals surface area (Å²) in [6.07, 6.45) is -0.615. The van der Waals surface area contributed by atoms with Crippen LogP contribution in [0.2, 0.25) is 0 Å². The molecule has 0 aromatic heterocycles. The molecule has 0 aliphatic rings. The smallest absolute Gasteiger partial charge is 0.261 e. The predicted octanol–water partition coefficient (Wildman–Crippen LogP) is 3.35. The van der Waals surface area contributed by atoms with Gasteiger partial charge in [0.1, 0.15) is 17.2 Å². The van der Waals surface area contributed by atoms with Gasteiger partial charge in [0.15, 0.2) is 6.10 Å². The van der Waals surface area contributed by atoms with E-state index in [0.29, 0.717) is 5.75 Å². The molecule has 0 heterocycles. The van der Waals surface area contributed by atoms with Crippen LogP contribution in [0.5, 0.6) is 17.2 Å². The standard InChI is InChI=1S/C19H23NO4/c1-13(17-7-5-6-8-18(17)23-4)20-19(21)14(2)24-16-11-9-15(22-3)10-12-16/h5-14H,1-4H3,(H,20,21)/t13-,14-/m1/s1. The molecule has 0 fully saturated rings. The molecule has 2 aromatic carbocycles. The highest BCUT2D eigenvalue weighted by Gasteiger charge is 2.19. The molecule has 0 unspecified atom stereocenters. The molecule has 24 heavy (non-hydrogen) atoms. The highest BCUT2D eigenvalue weighted by atomic mass is 16.5. The van der Waals surface area contributed by atoms with Crippen molar-refractivity contribution >= 4 is 5.91 Å². The molecule has 0 aliphatic heterocycles. The SMILES string of the molecule is COc1ccc(O[C@H](C)C(=O)N[C@H](C)c2ccccc2OC)cc1. The molecule has 0 saturated heterocycles. The average molecular weight is 329 g/mol. The highest BCUT2D eigenvalue weighted by Crippen LogP contribution is 2.24. The molecule has 2 aromatic rings. The zero-order valence-corrected chi connectivity index (χ0v) is 14.4. The Labute approximate surface area is 142 Å². The van der Waals surface area contributed by atoms with Crippen LogP contribution in [-0.2, 0) is 4.79 Å². The molecule has 1 amide bonds. The topological polar surface area (TPSA) is 56.8 Å². The highest BCUT2D eigenvalue weighted by molar-refractivity contribution is 5.81. The maximum absolute atomic E-state index is 12.4. The number of benzene rings is 2. The Morgan fingerprint density at radius 3 is 2.17 bits per heavy atom. The van der Waals surface area contributed by atoms with E-state index in [0.717, 1.165) is 17.1 Å². The molecule has 0 bridgehead atoms. The van der Waals surface area contributed by atoms with E-state index in [-0.39, 0.29) is 11.9 Å². The van der Waals surface area contributed by atoms with Crippen LogP contribution in [-0.4, -0.2) is 26.2 Å². The molecule has 5 nitrogen and oxygen atoms in total. The van der Waals surface area contributed by atoms with Crippen LogP contribution in [0, 0.1) is 0 Å². The minimum absolute atomic E-state index is 0.185. The van der Waals surface area contributed by atoms with Crippen LogP contribution in [0.3, 0.4) is 0 Å². The van der Waals surface area contributed by atoms with Crippen LogP contribution in [0.1, 0.15) is 25.5 Å². The van der Waals surface area contributed by atoms with Crippen molar-refractivity contribution < 1.29 is 19.0 Å². The van der Waals surface area contributed by atoms with Gasteiger partial charge in [-0.25, -0.2) is 0 Å².